The van der Waals surface area contributed by atoms with Crippen molar-refractivity contribution >= 4 is 32.6 Å². The summed E-state index contributed by atoms with van der Waals surface area (Å²) in [4.78, 5) is 17.0. The maximum Gasteiger partial charge on any atom is 0.343 e. The van der Waals surface area contributed by atoms with Gasteiger partial charge in [-0.05, 0) is 60.7 Å². The second-order valence-corrected chi connectivity index (χ2v) is 8.23. The molecule has 0 aliphatic heterocycles. The van der Waals surface area contributed by atoms with Gasteiger partial charge in [0.1, 0.15) is 11.5 Å². The van der Waals surface area contributed by atoms with E-state index in [9.17, 15) is 13.2 Å². The lowest BCUT2D eigenvalue weighted by Gasteiger charge is -2.13. The average Bonchev–Trinajstić information content (AvgIpc) is 2.81. The molecule has 1 N–H and O–H groups in total. The third kappa shape index (κ3) is 4.34. The Morgan fingerprint density at radius 2 is 1.65 bits per heavy atom. The number of benzene rings is 3. The number of anilines is 1. The number of carbonyl (C=O) groups excluding carboxylic acids is 1. The first-order valence-electron chi connectivity index (χ1n) is 9.30. The molecule has 0 aliphatic rings. The van der Waals surface area contributed by atoms with Crippen molar-refractivity contribution in [3.8, 4) is 11.5 Å². The number of nitrogens with one attached hydrogen (secondary N) is 1. The molecule has 4 aromatic rings. The minimum atomic E-state index is -3.80. The van der Waals surface area contributed by atoms with Crippen LogP contribution >= 0.6 is 0 Å². The molecule has 0 bridgehead atoms. The molecule has 1 aromatic heterocycles. The van der Waals surface area contributed by atoms with Crippen molar-refractivity contribution in [2.24, 2.45) is 0 Å². The molecule has 7 nitrogen and oxygen atoms in total. The summed E-state index contributed by atoms with van der Waals surface area (Å²) in [6.07, 6.45) is 1.54. The summed E-state index contributed by atoms with van der Waals surface area (Å²) in [5.41, 5.74) is 0.998. The maximum atomic E-state index is 12.7. The summed E-state index contributed by atoms with van der Waals surface area (Å²) in [5, 5.41) is 0.498. The number of aromatic nitrogens is 1. The Labute approximate surface area is 179 Å². The molecule has 0 fully saturated rings. The maximum absolute atomic E-state index is 12.7. The van der Waals surface area contributed by atoms with Crippen LogP contribution in [-0.4, -0.2) is 26.5 Å². The Bertz CT molecular complexity index is 1340. The highest BCUT2D eigenvalue weighted by Crippen LogP contribution is 2.32. The van der Waals surface area contributed by atoms with Crippen LogP contribution in [0.5, 0.6) is 11.5 Å². The van der Waals surface area contributed by atoms with Crippen molar-refractivity contribution in [3.05, 3.63) is 90.6 Å². The molecule has 0 spiro atoms. The molecular weight excluding hydrogens is 416 g/mol. The molecule has 31 heavy (non-hydrogen) atoms. The van der Waals surface area contributed by atoms with Crippen LogP contribution in [0.15, 0.2) is 90.0 Å². The quantitative estimate of drug-likeness (QED) is 0.360. The third-order valence-corrected chi connectivity index (χ3v) is 5.94. The van der Waals surface area contributed by atoms with E-state index in [-0.39, 0.29) is 16.3 Å². The van der Waals surface area contributed by atoms with E-state index < -0.39 is 16.0 Å². The van der Waals surface area contributed by atoms with Gasteiger partial charge in [-0.3, -0.25) is 9.71 Å². The predicted octanol–water partition coefficient (Wildman–Crippen LogP) is 4.26. The van der Waals surface area contributed by atoms with E-state index >= 15 is 0 Å². The predicted molar refractivity (Wildman–Crippen MR) is 117 cm³/mol. The number of hydrogen-bond acceptors (Lipinski definition) is 6. The topological polar surface area (TPSA) is 94.6 Å². The molecule has 0 saturated carbocycles. The van der Waals surface area contributed by atoms with E-state index in [0.717, 1.165) is 0 Å². The van der Waals surface area contributed by atoms with Gasteiger partial charge in [-0.2, -0.15) is 0 Å². The van der Waals surface area contributed by atoms with Gasteiger partial charge in [0, 0.05) is 11.6 Å². The van der Waals surface area contributed by atoms with Crippen molar-refractivity contribution in [1.29, 1.82) is 0 Å². The fraction of sp³-hybridized carbons (Fsp3) is 0.0435. The highest BCUT2D eigenvalue weighted by Gasteiger charge is 2.18. The van der Waals surface area contributed by atoms with Gasteiger partial charge in [-0.25, -0.2) is 13.2 Å². The summed E-state index contributed by atoms with van der Waals surface area (Å²) in [7, 11) is -2.26. The molecule has 0 unspecified atom stereocenters. The summed E-state index contributed by atoms with van der Waals surface area (Å²) >= 11 is 0. The minimum absolute atomic E-state index is 0.133. The smallest absolute Gasteiger partial charge is 0.343 e. The molecule has 0 atom stereocenters. The van der Waals surface area contributed by atoms with Crippen molar-refractivity contribution in [3.63, 3.8) is 0 Å². The van der Waals surface area contributed by atoms with E-state index in [1.165, 1.54) is 30.5 Å². The first kappa shape index (κ1) is 20.4. The number of sulfonamides is 1. The van der Waals surface area contributed by atoms with Crippen LogP contribution in [0.25, 0.3) is 10.9 Å². The fourth-order valence-corrected chi connectivity index (χ4v) is 4.09. The molecule has 0 aliphatic carbocycles. The van der Waals surface area contributed by atoms with Crippen LogP contribution in [0.2, 0.25) is 0 Å². The van der Waals surface area contributed by atoms with E-state index in [0.29, 0.717) is 22.2 Å². The van der Waals surface area contributed by atoms with Crippen LogP contribution < -0.4 is 14.2 Å². The molecule has 4 rings (SSSR count). The molecule has 0 amide bonds. The van der Waals surface area contributed by atoms with Gasteiger partial charge in [-0.1, -0.05) is 18.2 Å². The zero-order valence-electron chi connectivity index (χ0n) is 16.5. The fourth-order valence-electron chi connectivity index (χ4n) is 3.01. The van der Waals surface area contributed by atoms with E-state index in [4.69, 9.17) is 9.47 Å². The summed E-state index contributed by atoms with van der Waals surface area (Å²) < 4.78 is 38.6. The Kier molecular flexibility index (Phi) is 5.55. The number of ether oxygens (including phenoxy) is 2. The lowest BCUT2D eigenvalue weighted by molar-refractivity contribution is 0.0737. The summed E-state index contributed by atoms with van der Waals surface area (Å²) in [6, 6.07) is 21.0. The van der Waals surface area contributed by atoms with Crippen molar-refractivity contribution in [1.82, 2.24) is 4.98 Å². The van der Waals surface area contributed by atoms with Gasteiger partial charge in [0.05, 0.1) is 28.8 Å². The number of pyridine rings is 1. The number of methoxy groups -OCH3 is 1. The van der Waals surface area contributed by atoms with E-state index in [1.807, 2.05) is 0 Å². The molecule has 0 radical (unpaired) electrons. The minimum Gasteiger partial charge on any atom is -0.497 e. The van der Waals surface area contributed by atoms with Crippen LogP contribution in [0.1, 0.15) is 10.4 Å². The number of esters is 1. The normalized spacial score (nSPS) is 11.1. The van der Waals surface area contributed by atoms with Gasteiger partial charge >= 0.3 is 5.97 Å². The van der Waals surface area contributed by atoms with Crippen LogP contribution in [-0.2, 0) is 10.0 Å². The number of rotatable bonds is 6. The van der Waals surface area contributed by atoms with Crippen LogP contribution in [0.4, 0.5) is 5.69 Å². The van der Waals surface area contributed by atoms with Gasteiger partial charge in [0.2, 0.25) is 0 Å². The van der Waals surface area contributed by atoms with Gasteiger partial charge in [0.15, 0.2) is 0 Å². The molecule has 3 aromatic carbocycles. The first-order valence-corrected chi connectivity index (χ1v) is 10.8. The SMILES string of the molecule is COc1ccc(C(=O)Oc2ccc(NS(=O)(=O)c3ccccc3)c3ncccc23)cc1. The third-order valence-electron chi connectivity index (χ3n) is 4.56. The number of nitrogens with zero attached hydrogens (tertiary/aromatic N) is 1. The molecule has 1 heterocycles. The van der Waals surface area contributed by atoms with E-state index in [1.54, 1.807) is 61.7 Å². The summed E-state index contributed by atoms with van der Waals surface area (Å²) in [6.45, 7) is 0. The Morgan fingerprint density at radius 3 is 2.35 bits per heavy atom. The molecular formula is C23H18N2O5S. The zero-order chi connectivity index (χ0) is 21.8. The number of fused-ring (bicyclic) bond motifs is 1. The summed E-state index contributed by atoms with van der Waals surface area (Å²) in [5.74, 6) is 0.346. The van der Waals surface area contributed by atoms with Crippen LogP contribution in [0.3, 0.4) is 0 Å². The van der Waals surface area contributed by atoms with E-state index in [2.05, 4.69) is 9.71 Å². The lowest BCUT2D eigenvalue weighted by Crippen LogP contribution is -2.14. The zero-order valence-corrected chi connectivity index (χ0v) is 17.3. The van der Waals surface area contributed by atoms with Gasteiger partial charge in [-0.15, -0.1) is 0 Å². The standard InChI is InChI=1S/C23H18N2O5S/c1-29-17-11-9-16(10-12-17)23(26)30-21-14-13-20(22-19(21)8-5-15-24-22)25-31(27,28)18-6-3-2-4-7-18/h2-15,25H,1H3. The Hall–Kier alpha value is -3.91. The molecule has 0 saturated heterocycles. The molecule has 156 valence electrons. The van der Waals surface area contributed by atoms with Crippen molar-refractivity contribution in [2.75, 3.05) is 11.8 Å². The van der Waals surface area contributed by atoms with Crippen LogP contribution in [0, 0.1) is 0 Å². The Morgan fingerprint density at radius 1 is 0.903 bits per heavy atom. The lowest BCUT2D eigenvalue weighted by atomic mass is 10.1. The average molecular weight is 434 g/mol. The highest BCUT2D eigenvalue weighted by atomic mass is 32.2. The first-order chi connectivity index (χ1) is 15.0. The van der Waals surface area contributed by atoms with Crippen molar-refractivity contribution in [2.45, 2.75) is 4.90 Å². The number of hydrogen-bond donors (Lipinski definition) is 1. The monoisotopic (exact) mass is 434 g/mol. The molecule has 8 heteroatoms. The second kappa shape index (κ2) is 8.45. The Balaban J connectivity index is 1.66. The van der Waals surface area contributed by atoms with Crippen molar-refractivity contribution < 1.29 is 22.7 Å². The second-order valence-electron chi connectivity index (χ2n) is 6.55. The largest absolute Gasteiger partial charge is 0.497 e. The van der Waals surface area contributed by atoms with Gasteiger partial charge in [0.25, 0.3) is 10.0 Å². The number of carbonyl (C=O) groups is 1. The van der Waals surface area contributed by atoms with Gasteiger partial charge < -0.3 is 9.47 Å². The highest BCUT2D eigenvalue weighted by molar-refractivity contribution is 7.92.